The van der Waals surface area contributed by atoms with E-state index in [1.165, 1.54) is 24.0 Å². The largest absolute Gasteiger partial charge is 0.504 e. The Morgan fingerprint density at radius 3 is 2.84 bits per heavy atom. The molecule has 3 heterocycles. The first-order valence-electron chi connectivity index (χ1n) is 9.40. The van der Waals surface area contributed by atoms with Gasteiger partial charge in [0.1, 0.15) is 18.3 Å². The lowest BCUT2D eigenvalue weighted by Crippen LogP contribution is -2.33. The minimum atomic E-state index is -1.46. The molecule has 0 saturated carbocycles. The topological polar surface area (TPSA) is 213 Å². The third kappa shape index (κ3) is 3.71. The number of fused-ring (bicyclic) bond motifs is 1. The molecule has 1 aromatic carbocycles. The third-order valence-corrected chi connectivity index (χ3v) is 4.92. The van der Waals surface area contributed by atoms with E-state index in [1.807, 2.05) is 0 Å². The standard InChI is InChI=1S/C18H21N7O7/c1-31-9-4-7(2-3-8(9)27)5-20-24-18-21-11-14(22-17(19)23-15(11)30)25(18)16-13(29)12(28)10(6-26)32-16/h2-5,10,12-13,16,26-29H,6H2,1H3,(H,21,24)(H3,19,22,23,30)/b20-5-/t10-,12+,13+,16-/m0/s1. The lowest BCUT2D eigenvalue weighted by molar-refractivity contribution is -0.0501. The van der Waals surface area contributed by atoms with Crippen LogP contribution in [0.25, 0.3) is 11.2 Å². The van der Waals surface area contributed by atoms with Crippen LogP contribution in [0.3, 0.4) is 0 Å². The van der Waals surface area contributed by atoms with Gasteiger partial charge < -0.3 is 35.6 Å². The molecule has 4 rings (SSSR count). The number of aromatic hydroxyl groups is 1. The zero-order chi connectivity index (χ0) is 23.0. The number of aromatic amines is 1. The molecule has 14 nitrogen and oxygen atoms in total. The van der Waals surface area contributed by atoms with Crippen LogP contribution in [-0.4, -0.2) is 78.2 Å². The van der Waals surface area contributed by atoms with Crippen molar-refractivity contribution in [3.8, 4) is 11.5 Å². The molecule has 2 aromatic heterocycles. The molecule has 0 radical (unpaired) electrons. The smallest absolute Gasteiger partial charge is 0.280 e. The maximum Gasteiger partial charge on any atom is 0.280 e. The van der Waals surface area contributed by atoms with E-state index in [0.717, 1.165) is 0 Å². The lowest BCUT2D eigenvalue weighted by atomic mass is 10.1. The number of nitrogens with one attached hydrogen (secondary N) is 2. The van der Waals surface area contributed by atoms with Crippen LogP contribution in [0.4, 0.5) is 11.9 Å². The Bertz CT molecular complexity index is 1220. The van der Waals surface area contributed by atoms with E-state index in [9.17, 15) is 25.2 Å². The molecular formula is C18H21N7O7. The number of imidazole rings is 1. The van der Waals surface area contributed by atoms with Crippen LogP contribution in [0, 0.1) is 0 Å². The number of rotatable bonds is 6. The predicted octanol–water partition coefficient (Wildman–Crippen LogP) is -1.53. The Balaban J connectivity index is 1.73. The van der Waals surface area contributed by atoms with Crippen molar-refractivity contribution in [3.05, 3.63) is 34.1 Å². The van der Waals surface area contributed by atoms with Crippen molar-refractivity contribution in [2.45, 2.75) is 24.5 Å². The monoisotopic (exact) mass is 447 g/mol. The molecule has 0 spiro atoms. The summed E-state index contributed by atoms with van der Waals surface area (Å²) < 4.78 is 11.8. The number of aliphatic hydroxyl groups is 3. The number of anilines is 2. The number of H-pyrrole nitrogens is 1. The van der Waals surface area contributed by atoms with Gasteiger partial charge in [-0.1, -0.05) is 0 Å². The zero-order valence-corrected chi connectivity index (χ0v) is 16.7. The molecule has 0 bridgehead atoms. The normalized spacial score (nSPS) is 23.2. The minimum absolute atomic E-state index is 0.0231. The number of benzene rings is 1. The van der Waals surface area contributed by atoms with Crippen LogP contribution in [0.1, 0.15) is 11.8 Å². The van der Waals surface area contributed by atoms with E-state index in [1.54, 1.807) is 12.1 Å². The predicted molar refractivity (Wildman–Crippen MR) is 111 cm³/mol. The minimum Gasteiger partial charge on any atom is -0.504 e. The summed E-state index contributed by atoms with van der Waals surface area (Å²) in [5.74, 6) is -0.0207. The van der Waals surface area contributed by atoms with Gasteiger partial charge in [0.15, 0.2) is 28.9 Å². The maximum absolute atomic E-state index is 12.3. The molecule has 3 aromatic rings. The van der Waals surface area contributed by atoms with Gasteiger partial charge in [-0.15, -0.1) is 0 Å². The van der Waals surface area contributed by atoms with Crippen molar-refractivity contribution in [3.63, 3.8) is 0 Å². The molecule has 1 aliphatic rings. The highest BCUT2D eigenvalue weighted by Crippen LogP contribution is 2.34. The van der Waals surface area contributed by atoms with Gasteiger partial charge in [-0.3, -0.25) is 14.3 Å². The Morgan fingerprint density at radius 2 is 2.16 bits per heavy atom. The quantitative estimate of drug-likeness (QED) is 0.170. The van der Waals surface area contributed by atoms with Crippen LogP contribution in [0.5, 0.6) is 11.5 Å². The van der Waals surface area contributed by atoms with Gasteiger partial charge in [0.25, 0.3) is 5.56 Å². The van der Waals surface area contributed by atoms with Crippen molar-refractivity contribution in [2.75, 3.05) is 24.9 Å². The SMILES string of the molecule is COc1cc(/C=N\Nc2nc3c(=O)[nH]c(N)nc3n2[C@H]2O[C@@H](CO)[C@@H](O)[C@H]2O)ccc1O. The molecule has 170 valence electrons. The fourth-order valence-electron chi connectivity index (χ4n) is 3.35. The first-order valence-corrected chi connectivity index (χ1v) is 9.40. The summed E-state index contributed by atoms with van der Waals surface area (Å²) in [6, 6.07) is 4.56. The van der Waals surface area contributed by atoms with Gasteiger partial charge in [-0.05, 0) is 23.8 Å². The number of hydrogen-bond acceptors (Lipinski definition) is 12. The highest BCUT2D eigenvalue weighted by Gasteiger charge is 2.45. The van der Waals surface area contributed by atoms with Crippen molar-refractivity contribution in [2.24, 2.45) is 5.10 Å². The lowest BCUT2D eigenvalue weighted by Gasteiger charge is -2.18. The molecule has 32 heavy (non-hydrogen) atoms. The van der Waals surface area contributed by atoms with E-state index in [2.05, 4.69) is 25.5 Å². The van der Waals surface area contributed by atoms with Crippen molar-refractivity contribution in [1.82, 2.24) is 19.5 Å². The van der Waals surface area contributed by atoms with Crippen LogP contribution in [0.2, 0.25) is 0 Å². The average molecular weight is 447 g/mol. The molecule has 4 atom stereocenters. The van der Waals surface area contributed by atoms with Gasteiger partial charge in [-0.2, -0.15) is 10.1 Å². The number of nitrogens with zero attached hydrogens (tertiary/aromatic N) is 4. The Labute approximate surface area is 179 Å². The molecule has 1 saturated heterocycles. The summed E-state index contributed by atoms with van der Waals surface area (Å²) in [7, 11) is 1.41. The van der Waals surface area contributed by atoms with E-state index in [-0.39, 0.29) is 34.6 Å². The average Bonchev–Trinajstić information content (AvgIpc) is 3.26. The second-order valence-electron chi connectivity index (χ2n) is 6.96. The van der Waals surface area contributed by atoms with E-state index in [0.29, 0.717) is 5.56 Å². The third-order valence-electron chi connectivity index (χ3n) is 4.92. The number of methoxy groups -OCH3 is 1. The highest BCUT2D eigenvalue weighted by atomic mass is 16.6. The van der Waals surface area contributed by atoms with Crippen LogP contribution < -0.4 is 21.5 Å². The maximum atomic E-state index is 12.3. The number of hydrogen-bond donors (Lipinski definition) is 7. The van der Waals surface area contributed by atoms with Crippen LogP contribution in [0.15, 0.2) is 28.1 Å². The summed E-state index contributed by atoms with van der Waals surface area (Å²) >= 11 is 0. The molecule has 14 heteroatoms. The fourth-order valence-corrected chi connectivity index (χ4v) is 3.35. The Kier molecular flexibility index (Phi) is 5.67. The fraction of sp³-hybridized carbons (Fsp3) is 0.333. The van der Waals surface area contributed by atoms with Crippen LogP contribution in [-0.2, 0) is 4.74 Å². The summed E-state index contributed by atoms with van der Waals surface area (Å²) in [5, 5.41) is 43.7. The number of phenols is 1. The molecule has 8 N–H and O–H groups in total. The molecule has 1 aliphatic heterocycles. The first kappa shape index (κ1) is 21.5. The molecule has 0 amide bonds. The number of nitrogens with two attached hydrogens (primary N) is 1. The second-order valence-corrected chi connectivity index (χ2v) is 6.96. The number of ether oxygens (including phenoxy) is 2. The molecule has 0 aliphatic carbocycles. The summed E-state index contributed by atoms with van der Waals surface area (Å²) in [4.78, 5) is 22.8. The Morgan fingerprint density at radius 1 is 1.38 bits per heavy atom. The molecule has 1 fully saturated rings. The van der Waals surface area contributed by atoms with Crippen molar-refractivity contribution >= 4 is 29.3 Å². The number of phenolic OH excluding ortho intramolecular Hbond substituents is 1. The second kappa shape index (κ2) is 8.43. The number of aromatic nitrogens is 4. The van der Waals surface area contributed by atoms with E-state index in [4.69, 9.17) is 15.2 Å². The van der Waals surface area contributed by atoms with Crippen LogP contribution >= 0.6 is 0 Å². The van der Waals surface area contributed by atoms with Gasteiger partial charge >= 0.3 is 0 Å². The summed E-state index contributed by atoms with van der Waals surface area (Å²) in [5.41, 5.74) is 8.10. The van der Waals surface area contributed by atoms with Crippen molar-refractivity contribution < 1.29 is 29.9 Å². The number of nitrogen functional groups attached to an aromatic ring is 1. The van der Waals surface area contributed by atoms with Gasteiger partial charge in [-0.25, -0.2) is 10.4 Å². The summed E-state index contributed by atoms with van der Waals surface area (Å²) in [6.07, 6.45) is -3.75. The van der Waals surface area contributed by atoms with Gasteiger partial charge in [0.05, 0.1) is 19.9 Å². The first-order chi connectivity index (χ1) is 15.3. The molecule has 0 unspecified atom stereocenters. The Hall–Kier alpha value is -3.72. The van der Waals surface area contributed by atoms with Crippen molar-refractivity contribution in [1.29, 1.82) is 0 Å². The summed E-state index contributed by atoms with van der Waals surface area (Å²) in [6.45, 7) is -0.541. The number of aliphatic hydroxyl groups excluding tert-OH is 3. The van der Waals surface area contributed by atoms with E-state index < -0.39 is 36.7 Å². The highest BCUT2D eigenvalue weighted by molar-refractivity contribution is 5.82. The molecular weight excluding hydrogens is 426 g/mol. The van der Waals surface area contributed by atoms with E-state index >= 15 is 0 Å². The zero-order valence-electron chi connectivity index (χ0n) is 16.7. The van der Waals surface area contributed by atoms with Gasteiger partial charge in [0, 0.05) is 0 Å². The van der Waals surface area contributed by atoms with Gasteiger partial charge in [0.2, 0.25) is 11.9 Å². The number of hydrazone groups is 1.